The van der Waals surface area contributed by atoms with E-state index in [2.05, 4.69) is 33.5 Å². The van der Waals surface area contributed by atoms with Crippen molar-refractivity contribution >= 4 is 49.8 Å². The zero-order valence-corrected chi connectivity index (χ0v) is 16.4. The Hall–Kier alpha value is -3.03. The van der Waals surface area contributed by atoms with E-state index in [1.165, 1.54) is 17.7 Å². The Balaban J connectivity index is 1.73. The van der Waals surface area contributed by atoms with Crippen LogP contribution in [0.2, 0.25) is 0 Å². The molecule has 142 valence electrons. The van der Waals surface area contributed by atoms with Crippen molar-refractivity contribution in [2.45, 2.75) is 6.92 Å². The SMILES string of the molecule is COCCOC(=O)c1sc2ncnc(Nc3cccc4ccccc34)c2c1C. The van der Waals surface area contributed by atoms with Crippen molar-refractivity contribution < 1.29 is 14.3 Å². The van der Waals surface area contributed by atoms with E-state index in [9.17, 15) is 4.79 Å². The molecule has 6 nitrogen and oxygen atoms in total. The molecule has 0 saturated carbocycles. The number of nitrogens with one attached hydrogen (secondary N) is 1. The van der Waals surface area contributed by atoms with Gasteiger partial charge in [-0.2, -0.15) is 0 Å². The van der Waals surface area contributed by atoms with Crippen LogP contribution in [0.15, 0.2) is 48.8 Å². The first kappa shape index (κ1) is 18.3. The Morgan fingerprint density at radius 3 is 2.79 bits per heavy atom. The molecule has 0 aliphatic rings. The smallest absolute Gasteiger partial charge is 0.348 e. The number of carbonyl (C=O) groups excluding carboxylic acids is 1. The van der Waals surface area contributed by atoms with Gasteiger partial charge < -0.3 is 14.8 Å². The van der Waals surface area contributed by atoms with Gasteiger partial charge in [0.15, 0.2) is 0 Å². The molecule has 4 rings (SSSR count). The van der Waals surface area contributed by atoms with Gasteiger partial charge in [0, 0.05) is 18.2 Å². The number of carbonyl (C=O) groups is 1. The second kappa shape index (κ2) is 7.92. The summed E-state index contributed by atoms with van der Waals surface area (Å²) < 4.78 is 10.2. The number of benzene rings is 2. The Bertz CT molecular complexity index is 1150. The maximum Gasteiger partial charge on any atom is 0.348 e. The Labute approximate surface area is 166 Å². The topological polar surface area (TPSA) is 73.3 Å². The second-order valence-electron chi connectivity index (χ2n) is 6.24. The third-order valence-corrected chi connectivity index (χ3v) is 5.66. The molecule has 2 aromatic carbocycles. The molecule has 28 heavy (non-hydrogen) atoms. The lowest BCUT2D eigenvalue weighted by Crippen LogP contribution is -2.09. The van der Waals surface area contributed by atoms with Crippen molar-refractivity contribution in [3.05, 3.63) is 59.2 Å². The number of rotatable bonds is 6. The first-order valence-corrected chi connectivity index (χ1v) is 9.65. The Morgan fingerprint density at radius 1 is 1.11 bits per heavy atom. The van der Waals surface area contributed by atoms with E-state index in [1.54, 1.807) is 7.11 Å². The standard InChI is InChI=1S/C21H19N3O3S/c1-13-17-19(24-16-9-5-7-14-6-3-4-8-15(14)16)22-12-23-20(17)28-18(13)21(25)27-11-10-26-2/h3-9,12H,10-11H2,1-2H3,(H,22,23,24). The van der Waals surface area contributed by atoms with E-state index in [0.717, 1.165) is 32.2 Å². The first-order chi connectivity index (χ1) is 13.7. The molecule has 0 bridgehead atoms. The number of esters is 1. The van der Waals surface area contributed by atoms with Gasteiger partial charge in [0.05, 0.1) is 12.0 Å². The summed E-state index contributed by atoms with van der Waals surface area (Å²) in [5, 5.41) is 6.49. The minimum absolute atomic E-state index is 0.218. The predicted molar refractivity (Wildman–Crippen MR) is 112 cm³/mol. The van der Waals surface area contributed by atoms with E-state index < -0.39 is 0 Å². The molecule has 1 N–H and O–H groups in total. The third-order valence-electron chi connectivity index (χ3n) is 4.48. The van der Waals surface area contributed by atoms with E-state index in [4.69, 9.17) is 9.47 Å². The molecule has 0 aliphatic heterocycles. The molecule has 2 heterocycles. The van der Waals surface area contributed by atoms with Crippen molar-refractivity contribution in [3.63, 3.8) is 0 Å². The largest absolute Gasteiger partial charge is 0.459 e. The third kappa shape index (κ3) is 3.42. The molecule has 0 spiro atoms. The van der Waals surface area contributed by atoms with Crippen molar-refractivity contribution in [1.29, 1.82) is 0 Å². The number of aromatic nitrogens is 2. The molecular weight excluding hydrogens is 374 g/mol. The summed E-state index contributed by atoms with van der Waals surface area (Å²) in [6, 6.07) is 14.2. The van der Waals surface area contributed by atoms with Crippen LogP contribution in [-0.2, 0) is 9.47 Å². The summed E-state index contributed by atoms with van der Waals surface area (Å²) in [6.07, 6.45) is 1.51. The van der Waals surface area contributed by atoms with E-state index in [0.29, 0.717) is 17.3 Å². The van der Waals surface area contributed by atoms with E-state index in [-0.39, 0.29) is 12.6 Å². The van der Waals surface area contributed by atoms with Gasteiger partial charge in [-0.15, -0.1) is 11.3 Å². The molecular formula is C21H19N3O3S. The molecule has 0 radical (unpaired) electrons. The zero-order valence-electron chi connectivity index (χ0n) is 15.6. The number of nitrogens with zero attached hydrogens (tertiary/aromatic N) is 2. The van der Waals surface area contributed by atoms with Crippen molar-refractivity contribution in [2.75, 3.05) is 25.6 Å². The molecule has 0 saturated heterocycles. The molecule has 2 aromatic heterocycles. The number of thiophene rings is 1. The summed E-state index contributed by atoms with van der Waals surface area (Å²) in [5.41, 5.74) is 1.76. The lowest BCUT2D eigenvalue weighted by atomic mass is 10.1. The van der Waals surface area contributed by atoms with Gasteiger partial charge in [-0.25, -0.2) is 14.8 Å². The van der Waals surface area contributed by atoms with Gasteiger partial charge >= 0.3 is 5.97 Å². The monoisotopic (exact) mass is 393 g/mol. The number of anilines is 2. The van der Waals surface area contributed by atoms with Gasteiger partial charge in [0.2, 0.25) is 0 Å². The second-order valence-corrected chi connectivity index (χ2v) is 7.24. The van der Waals surface area contributed by atoms with Gasteiger partial charge in [0.1, 0.15) is 28.5 Å². The molecule has 0 atom stereocenters. The normalized spacial score (nSPS) is 11.1. The highest BCUT2D eigenvalue weighted by Gasteiger charge is 2.20. The Kier molecular flexibility index (Phi) is 5.18. The summed E-state index contributed by atoms with van der Waals surface area (Å²) in [5.74, 6) is 0.305. The Morgan fingerprint density at radius 2 is 1.93 bits per heavy atom. The van der Waals surface area contributed by atoms with Crippen LogP contribution in [0.3, 0.4) is 0 Å². The molecule has 0 amide bonds. The number of ether oxygens (including phenoxy) is 2. The lowest BCUT2D eigenvalue weighted by molar-refractivity contribution is 0.0393. The van der Waals surface area contributed by atoms with Crippen LogP contribution < -0.4 is 5.32 Å². The lowest BCUT2D eigenvalue weighted by Gasteiger charge is -2.10. The number of fused-ring (bicyclic) bond motifs is 2. The maximum absolute atomic E-state index is 12.4. The quantitative estimate of drug-likeness (QED) is 0.378. The predicted octanol–water partition coefficient (Wildman–Crippen LogP) is 4.70. The van der Waals surface area contributed by atoms with Crippen LogP contribution in [0.4, 0.5) is 11.5 Å². The number of hydrogen-bond acceptors (Lipinski definition) is 7. The van der Waals surface area contributed by atoms with Crippen LogP contribution in [0, 0.1) is 6.92 Å². The van der Waals surface area contributed by atoms with Crippen LogP contribution in [-0.4, -0.2) is 36.3 Å². The van der Waals surface area contributed by atoms with Crippen molar-refractivity contribution in [3.8, 4) is 0 Å². The highest BCUT2D eigenvalue weighted by Crippen LogP contribution is 2.36. The van der Waals surface area contributed by atoms with Crippen LogP contribution in [0.5, 0.6) is 0 Å². The highest BCUT2D eigenvalue weighted by molar-refractivity contribution is 7.20. The molecule has 4 aromatic rings. The minimum atomic E-state index is -0.367. The fraction of sp³-hybridized carbons (Fsp3) is 0.190. The van der Waals surface area contributed by atoms with Gasteiger partial charge in [-0.1, -0.05) is 36.4 Å². The summed E-state index contributed by atoms with van der Waals surface area (Å²) >= 11 is 1.31. The fourth-order valence-corrected chi connectivity index (χ4v) is 4.15. The number of aryl methyl sites for hydroxylation is 1. The number of hydrogen-bond donors (Lipinski definition) is 1. The number of methoxy groups -OCH3 is 1. The maximum atomic E-state index is 12.4. The van der Waals surface area contributed by atoms with Crippen molar-refractivity contribution in [1.82, 2.24) is 9.97 Å². The minimum Gasteiger partial charge on any atom is -0.459 e. The molecule has 0 fully saturated rings. The summed E-state index contributed by atoms with van der Waals surface area (Å²) in [6.45, 7) is 2.47. The summed E-state index contributed by atoms with van der Waals surface area (Å²) in [4.78, 5) is 22.5. The molecule has 7 heteroatoms. The highest BCUT2D eigenvalue weighted by atomic mass is 32.1. The van der Waals surface area contributed by atoms with Crippen LogP contribution in [0.1, 0.15) is 15.2 Å². The summed E-state index contributed by atoms with van der Waals surface area (Å²) in [7, 11) is 1.57. The first-order valence-electron chi connectivity index (χ1n) is 8.84. The molecule has 0 aliphatic carbocycles. The average Bonchev–Trinajstić information content (AvgIpc) is 3.06. The van der Waals surface area contributed by atoms with Crippen molar-refractivity contribution in [2.24, 2.45) is 0 Å². The molecule has 0 unspecified atom stereocenters. The van der Waals surface area contributed by atoms with Gasteiger partial charge in [-0.3, -0.25) is 0 Å². The van der Waals surface area contributed by atoms with Crippen LogP contribution in [0.25, 0.3) is 21.0 Å². The van der Waals surface area contributed by atoms with Gasteiger partial charge in [0.25, 0.3) is 0 Å². The van der Waals surface area contributed by atoms with Crippen LogP contribution >= 0.6 is 11.3 Å². The van der Waals surface area contributed by atoms with E-state index in [1.807, 2.05) is 31.2 Å². The van der Waals surface area contributed by atoms with Gasteiger partial charge in [-0.05, 0) is 23.9 Å². The zero-order chi connectivity index (χ0) is 19.5. The average molecular weight is 393 g/mol. The fourth-order valence-electron chi connectivity index (χ4n) is 3.11. The van der Waals surface area contributed by atoms with E-state index >= 15 is 0 Å².